The minimum atomic E-state index is -1.12. The van der Waals surface area contributed by atoms with Gasteiger partial charge in [0.1, 0.15) is 11.5 Å². The number of anilines is 2. The van der Waals surface area contributed by atoms with Crippen molar-refractivity contribution < 1.29 is 14.3 Å². The van der Waals surface area contributed by atoms with E-state index in [0.29, 0.717) is 40.2 Å². The van der Waals surface area contributed by atoms with E-state index in [1.54, 1.807) is 12.1 Å². The quantitative estimate of drug-likeness (QED) is 0.325. The van der Waals surface area contributed by atoms with Crippen LogP contribution in [0, 0.1) is 0 Å². The average molecular weight is 483 g/mol. The molecular formula is C26H24Cl2N2O3. The Kier molecular flexibility index (Phi) is 5.63. The molecule has 1 spiro atoms. The summed E-state index contributed by atoms with van der Waals surface area (Å²) in [7, 11) is 0. The number of hydrogen-bond donors (Lipinski definition) is 1. The zero-order valence-electron chi connectivity index (χ0n) is 18.5. The van der Waals surface area contributed by atoms with Gasteiger partial charge in [-0.25, -0.2) is 4.79 Å². The van der Waals surface area contributed by atoms with Gasteiger partial charge in [-0.2, -0.15) is 0 Å². The van der Waals surface area contributed by atoms with Crippen molar-refractivity contribution in [3.05, 3.63) is 81.9 Å². The zero-order chi connectivity index (χ0) is 23.2. The fourth-order valence-corrected chi connectivity index (χ4v) is 5.10. The average Bonchev–Trinajstić information content (AvgIpc) is 3.12. The number of nitrogens with one attached hydrogen (secondary N) is 1. The lowest BCUT2D eigenvalue weighted by molar-refractivity contribution is 0.0224. The Hall–Kier alpha value is -2.89. The van der Waals surface area contributed by atoms with Crippen molar-refractivity contribution in [3.63, 3.8) is 0 Å². The maximum Gasteiger partial charge on any atom is 0.340 e. The van der Waals surface area contributed by atoms with Gasteiger partial charge < -0.3 is 19.7 Å². The first kappa shape index (κ1) is 21.9. The van der Waals surface area contributed by atoms with Gasteiger partial charge >= 0.3 is 5.97 Å². The molecule has 0 saturated carbocycles. The molecule has 0 bridgehead atoms. The van der Waals surface area contributed by atoms with Crippen LogP contribution in [0.5, 0.6) is 11.5 Å². The summed E-state index contributed by atoms with van der Waals surface area (Å²) in [6.45, 7) is 6.52. The third-order valence-corrected chi connectivity index (χ3v) is 6.83. The van der Waals surface area contributed by atoms with E-state index in [9.17, 15) is 4.79 Å². The number of ether oxygens (including phenoxy) is 2. The van der Waals surface area contributed by atoms with Gasteiger partial charge in [0.25, 0.3) is 0 Å². The summed E-state index contributed by atoms with van der Waals surface area (Å²) < 4.78 is 12.6. The number of hydrogen-bond acceptors (Lipinski definition) is 5. The van der Waals surface area contributed by atoms with Crippen LogP contribution in [0.3, 0.4) is 0 Å². The fourth-order valence-electron chi connectivity index (χ4n) is 4.78. The summed E-state index contributed by atoms with van der Waals surface area (Å²) >= 11 is 12.5. The largest absolute Gasteiger partial charge is 0.456 e. The number of alkyl halides is 1. The molecule has 3 aromatic rings. The highest BCUT2D eigenvalue weighted by molar-refractivity contribution is 6.33. The molecule has 7 heteroatoms. The monoisotopic (exact) mass is 482 g/mol. The standard InChI is InChI=1S/C26H24Cl2N2O3/c1-3-30(4-2)16-9-10-19-23(13-16)32-24-15-21(28)22(29-12-11-27)14-20(24)26(19)18-8-6-5-7-17(18)25(31)33-26/h5-10,13-15,29H,3-4,11-12H2,1-2H3. The Balaban J connectivity index is 1.77. The number of carbonyl (C=O) groups is 1. The highest BCUT2D eigenvalue weighted by Crippen LogP contribution is 2.57. The molecular weight excluding hydrogens is 459 g/mol. The van der Waals surface area contributed by atoms with Gasteiger partial charge in [-0.05, 0) is 38.1 Å². The van der Waals surface area contributed by atoms with Crippen molar-refractivity contribution in [2.75, 3.05) is 35.7 Å². The van der Waals surface area contributed by atoms with Crippen LogP contribution < -0.4 is 15.0 Å². The first-order valence-corrected chi connectivity index (χ1v) is 12.0. The molecule has 5 rings (SSSR count). The van der Waals surface area contributed by atoms with Crippen LogP contribution in [0.4, 0.5) is 11.4 Å². The van der Waals surface area contributed by atoms with Gasteiger partial charge in [0.05, 0.1) is 16.3 Å². The van der Waals surface area contributed by atoms with Crippen molar-refractivity contribution in [3.8, 4) is 11.5 Å². The SMILES string of the molecule is CCN(CC)c1ccc2c(c1)Oc1cc(Cl)c(NCCCl)cc1C21OC(=O)c2ccccc21. The number of halogens is 2. The van der Waals surface area contributed by atoms with Crippen LogP contribution in [0.1, 0.15) is 40.9 Å². The minimum Gasteiger partial charge on any atom is -0.456 e. The summed E-state index contributed by atoms with van der Waals surface area (Å²) in [6.07, 6.45) is 0. The number of carbonyl (C=O) groups excluding carboxylic acids is 1. The summed E-state index contributed by atoms with van der Waals surface area (Å²) in [5, 5.41) is 3.76. The molecule has 0 aromatic heterocycles. The predicted octanol–water partition coefficient (Wildman–Crippen LogP) is 6.40. The van der Waals surface area contributed by atoms with E-state index in [4.69, 9.17) is 32.7 Å². The molecule has 1 N–H and O–H groups in total. The second-order valence-electron chi connectivity index (χ2n) is 8.02. The van der Waals surface area contributed by atoms with Crippen LogP contribution in [0.15, 0.2) is 54.6 Å². The molecule has 2 aliphatic rings. The first-order chi connectivity index (χ1) is 16.0. The van der Waals surface area contributed by atoms with Gasteiger partial charge in [-0.15, -0.1) is 11.6 Å². The van der Waals surface area contributed by atoms with E-state index in [2.05, 4.69) is 30.1 Å². The molecule has 0 saturated heterocycles. The molecule has 0 radical (unpaired) electrons. The molecule has 0 amide bonds. The topological polar surface area (TPSA) is 50.8 Å². The lowest BCUT2D eigenvalue weighted by Gasteiger charge is -2.37. The van der Waals surface area contributed by atoms with Crippen LogP contribution >= 0.6 is 23.2 Å². The maximum atomic E-state index is 13.0. The molecule has 5 nitrogen and oxygen atoms in total. The van der Waals surface area contributed by atoms with E-state index >= 15 is 0 Å². The highest BCUT2D eigenvalue weighted by Gasteiger charge is 2.53. The number of rotatable bonds is 6. The molecule has 2 aliphatic heterocycles. The molecule has 0 fully saturated rings. The second kappa shape index (κ2) is 8.47. The van der Waals surface area contributed by atoms with E-state index < -0.39 is 5.60 Å². The Labute approximate surface area is 203 Å². The number of nitrogens with zero attached hydrogens (tertiary/aromatic N) is 1. The Bertz CT molecular complexity index is 1240. The summed E-state index contributed by atoms with van der Waals surface area (Å²) in [6, 6.07) is 17.3. The molecule has 3 aromatic carbocycles. The van der Waals surface area contributed by atoms with Crippen molar-refractivity contribution in [1.29, 1.82) is 0 Å². The van der Waals surface area contributed by atoms with Gasteiger partial charge in [0.15, 0.2) is 5.60 Å². The molecule has 33 heavy (non-hydrogen) atoms. The van der Waals surface area contributed by atoms with E-state index in [1.165, 1.54) is 0 Å². The van der Waals surface area contributed by atoms with Crippen LogP contribution in [-0.4, -0.2) is 31.5 Å². The Morgan fingerprint density at radius 1 is 0.970 bits per heavy atom. The van der Waals surface area contributed by atoms with E-state index in [0.717, 1.165) is 35.5 Å². The van der Waals surface area contributed by atoms with Gasteiger partial charge in [-0.3, -0.25) is 0 Å². The van der Waals surface area contributed by atoms with Crippen LogP contribution in [0.2, 0.25) is 5.02 Å². The molecule has 0 aliphatic carbocycles. The molecule has 2 heterocycles. The molecule has 1 unspecified atom stereocenters. The number of esters is 1. The summed E-state index contributed by atoms with van der Waals surface area (Å²) in [4.78, 5) is 15.3. The third-order valence-electron chi connectivity index (χ3n) is 6.32. The summed E-state index contributed by atoms with van der Waals surface area (Å²) in [5.41, 5.74) is 3.49. The first-order valence-electron chi connectivity index (χ1n) is 11.1. The lowest BCUT2D eigenvalue weighted by Crippen LogP contribution is -2.33. The van der Waals surface area contributed by atoms with Gasteiger partial charge in [0.2, 0.25) is 0 Å². The Morgan fingerprint density at radius 3 is 2.48 bits per heavy atom. The number of benzene rings is 3. The zero-order valence-corrected chi connectivity index (χ0v) is 20.0. The van der Waals surface area contributed by atoms with Crippen molar-refractivity contribution in [1.82, 2.24) is 0 Å². The normalized spacial score (nSPS) is 17.6. The highest BCUT2D eigenvalue weighted by atomic mass is 35.5. The number of fused-ring (bicyclic) bond motifs is 6. The Morgan fingerprint density at radius 2 is 1.73 bits per heavy atom. The smallest absolute Gasteiger partial charge is 0.340 e. The van der Waals surface area contributed by atoms with Crippen molar-refractivity contribution in [2.24, 2.45) is 0 Å². The second-order valence-corrected chi connectivity index (χ2v) is 8.80. The van der Waals surface area contributed by atoms with Crippen molar-refractivity contribution >= 4 is 40.5 Å². The molecule has 1 atom stereocenters. The van der Waals surface area contributed by atoms with Gasteiger partial charge in [0, 0.05) is 60.0 Å². The maximum absolute atomic E-state index is 13.0. The predicted molar refractivity (Wildman–Crippen MR) is 132 cm³/mol. The minimum absolute atomic E-state index is 0.359. The summed E-state index contributed by atoms with van der Waals surface area (Å²) in [5.74, 6) is 1.28. The lowest BCUT2D eigenvalue weighted by atomic mass is 9.77. The van der Waals surface area contributed by atoms with Gasteiger partial charge in [-0.1, -0.05) is 29.8 Å². The van der Waals surface area contributed by atoms with E-state index in [1.807, 2.05) is 36.4 Å². The fraction of sp³-hybridized carbons (Fsp3) is 0.269. The van der Waals surface area contributed by atoms with Crippen LogP contribution in [-0.2, 0) is 10.3 Å². The van der Waals surface area contributed by atoms with Crippen LogP contribution in [0.25, 0.3) is 0 Å². The van der Waals surface area contributed by atoms with Crippen molar-refractivity contribution in [2.45, 2.75) is 19.4 Å². The third kappa shape index (κ3) is 3.33. The molecule has 170 valence electrons. The van der Waals surface area contributed by atoms with E-state index in [-0.39, 0.29) is 5.97 Å².